The first-order valence-corrected chi connectivity index (χ1v) is 14.3. The number of hydrogen-bond acceptors (Lipinski definition) is 5. The second-order valence-corrected chi connectivity index (χ2v) is 10.4. The van der Waals surface area contributed by atoms with Crippen LogP contribution in [0.2, 0.25) is 0 Å². The van der Waals surface area contributed by atoms with Gasteiger partial charge in [0.15, 0.2) is 6.29 Å². The van der Waals surface area contributed by atoms with Gasteiger partial charge in [-0.1, -0.05) is 37.6 Å². The van der Waals surface area contributed by atoms with Crippen LogP contribution >= 0.6 is 11.3 Å². The number of allylic oxidation sites excluding steroid dienone is 1. The van der Waals surface area contributed by atoms with Crippen molar-refractivity contribution >= 4 is 29.3 Å². The van der Waals surface area contributed by atoms with Crippen molar-refractivity contribution in [3.05, 3.63) is 86.1 Å². The van der Waals surface area contributed by atoms with E-state index in [1.54, 1.807) is 39.4 Å². The van der Waals surface area contributed by atoms with Crippen LogP contribution < -0.4 is 4.74 Å². The van der Waals surface area contributed by atoms with Crippen molar-refractivity contribution in [2.24, 2.45) is 0 Å². The number of aldehydes is 1. The Kier molecular flexibility index (Phi) is 15.7. The van der Waals surface area contributed by atoms with Gasteiger partial charge < -0.3 is 9.47 Å². The lowest BCUT2D eigenvalue weighted by Gasteiger charge is -2.18. The number of methoxy groups -OCH3 is 1. The van der Waals surface area contributed by atoms with E-state index in [0.29, 0.717) is 10.5 Å². The van der Waals surface area contributed by atoms with Gasteiger partial charge in [-0.3, -0.25) is 4.79 Å². The van der Waals surface area contributed by atoms with E-state index >= 15 is 0 Å². The maximum Gasteiger partial charge on any atom is 0.417 e. The summed E-state index contributed by atoms with van der Waals surface area (Å²) in [5, 5.41) is 8.38. The van der Waals surface area contributed by atoms with Crippen molar-refractivity contribution in [2.45, 2.75) is 72.6 Å². The van der Waals surface area contributed by atoms with Crippen LogP contribution in [0.5, 0.6) is 5.75 Å². The zero-order valence-electron chi connectivity index (χ0n) is 24.9. The molecule has 0 unspecified atom stereocenters. The summed E-state index contributed by atoms with van der Waals surface area (Å²) >= 11 is 1.27. The third-order valence-corrected chi connectivity index (χ3v) is 7.06. The molecule has 0 N–H and O–H groups in total. The SMILES string of the molecule is C/C(=C\c1sc(C=O)cc1C)c1ccc(OC2CCCC2)cc1C(F)(F)F.CC.COC.Cc1ccc(C#N)cc1. The third-order valence-electron chi connectivity index (χ3n) is 5.95. The molecule has 1 aliphatic carbocycles. The second kappa shape index (κ2) is 18.1. The number of carbonyl (C=O) groups excluding carboxylic acids is 1. The summed E-state index contributed by atoms with van der Waals surface area (Å²) in [6, 6.07) is 15.5. The number of nitriles is 1. The summed E-state index contributed by atoms with van der Waals surface area (Å²) in [6.07, 6.45) is 1.87. The van der Waals surface area contributed by atoms with Gasteiger partial charge in [0, 0.05) is 19.1 Å². The Bertz CT molecular complexity index is 1280. The molecule has 1 aromatic heterocycles. The smallest absolute Gasteiger partial charge is 0.417 e. The largest absolute Gasteiger partial charge is 0.490 e. The standard InChI is InChI=1S/C21H21F3O2S.C8H7N.C2H6O.C2H6/c1-13(10-20-14(2)9-17(12-25)27-20)18-8-7-16(11-19(18)21(22,23)24)26-15-5-3-4-6-15;1-7-2-4-8(6-9)5-3-7;1-3-2;1-2/h7-12,15H,3-6H2,1-2H3;2-5H,1H3;1-2H3;1-2H3/b13-10+;;;. The Morgan fingerprint density at radius 1 is 1.02 bits per heavy atom. The topological polar surface area (TPSA) is 59.3 Å². The molecule has 0 spiro atoms. The van der Waals surface area contributed by atoms with Crippen molar-refractivity contribution in [3.8, 4) is 11.8 Å². The minimum atomic E-state index is -4.47. The first kappa shape index (κ1) is 35.6. The van der Waals surface area contributed by atoms with E-state index in [1.165, 1.54) is 23.0 Å². The Hall–Kier alpha value is -3.41. The zero-order chi connectivity index (χ0) is 31.0. The molecule has 1 fully saturated rings. The van der Waals surface area contributed by atoms with Crippen LogP contribution in [-0.4, -0.2) is 26.6 Å². The van der Waals surface area contributed by atoms with Gasteiger partial charge in [0.05, 0.1) is 28.2 Å². The molecular weight excluding hydrogens is 547 g/mol. The van der Waals surface area contributed by atoms with E-state index < -0.39 is 11.7 Å². The van der Waals surface area contributed by atoms with E-state index in [2.05, 4.69) is 10.8 Å². The molecule has 1 heterocycles. The Morgan fingerprint density at radius 3 is 2.10 bits per heavy atom. The van der Waals surface area contributed by atoms with Gasteiger partial charge in [-0.2, -0.15) is 18.4 Å². The molecule has 0 atom stereocenters. The normalized spacial score (nSPS) is 13.0. The maximum absolute atomic E-state index is 13.7. The van der Waals surface area contributed by atoms with Crippen molar-refractivity contribution in [3.63, 3.8) is 0 Å². The van der Waals surface area contributed by atoms with E-state index in [9.17, 15) is 18.0 Å². The molecule has 1 aliphatic rings. The summed E-state index contributed by atoms with van der Waals surface area (Å²) in [7, 11) is 3.25. The molecule has 0 radical (unpaired) electrons. The van der Waals surface area contributed by atoms with Crippen LogP contribution in [0, 0.1) is 25.2 Å². The second-order valence-electron chi connectivity index (χ2n) is 9.26. The van der Waals surface area contributed by atoms with Crippen molar-refractivity contribution < 1.29 is 27.4 Å². The number of hydrogen-bond donors (Lipinski definition) is 0. The molecule has 0 amide bonds. The van der Waals surface area contributed by atoms with Gasteiger partial charge in [-0.05, 0) is 99.6 Å². The van der Waals surface area contributed by atoms with Crippen LogP contribution in [0.25, 0.3) is 11.6 Å². The number of thiophene rings is 1. The Balaban J connectivity index is 0.000000498. The molecule has 8 heteroatoms. The van der Waals surface area contributed by atoms with Crippen LogP contribution in [-0.2, 0) is 10.9 Å². The fourth-order valence-electron chi connectivity index (χ4n) is 4.00. The lowest BCUT2D eigenvalue weighted by atomic mass is 9.99. The molecule has 4 nitrogen and oxygen atoms in total. The first-order valence-electron chi connectivity index (χ1n) is 13.5. The third kappa shape index (κ3) is 11.9. The van der Waals surface area contributed by atoms with Crippen molar-refractivity contribution in [2.75, 3.05) is 14.2 Å². The lowest BCUT2D eigenvalue weighted by molar-refractivity contribution is -0.137. The van der Waals surface area contributed by atoms with Gasteiger partial charge in [-0.25, -0.2) is 0 Å². The van der Waals surface area contributed by atoms with Gasteiger partial charge in [-0.15, -0.1) is 11.3 Å². The molecular formula is C33H40F3NO3S. The number of benzene rings is 2. The molecule has 2 aromatic carbocycles. The fourth-order valence-corrected chi connectivity index (χ4v) is 4.99. The molecule has 0 bridgehead atoms. The van der Waals surface area contributed by atoms with E-state index in [1.807, 2.05) is 52.0 Å². The van der Waals surface area contributed by atoms with Crippen LogP contribution in [0.4, 0.5) is 13.2 Å². The summed E-state index contributed by atoms with van der Waals surface area (Å²) in [4.78, 5) is 12.3. The monoisotopic (exact) mass is 587 g/mol. The van der Waals surface area contributed by atoms with E-state index in [0.717, 1.165) is 54.0 Å². The fraction of sp³-hybridized carbons (Fsp3) is 0.394. The number of alkyl halides is 3. The number of rotatable bonds is 5. The molecule has 1 saturated carbocycles. The first-order chi connectivity index (χ1) is 19.5. The van der Waals surface area contributed by atoms with E-state index in [-0.39, 0.29) is 17.4 Å². The molecule has 0 aliphatic heterocycles. The number of halogens is 3. The summed E-state index contributed by atoms with van der Waals surface area (Å²) in [5.41, 5.74) is 2.71. The number of ether oxygens (including phenoxy) is 2. The van der Waals surface area contributed by atoms with Crippen molar-refractivity contribution in [1.82, 2.24) is 0 Å². The number of aryl methyl sites for hydroxylation is 2. The molecule has 0 saturated heterocycles. The van der Waals surface area contributed by atoms with Crippen LogP contribution in [0.1, 0.15) is 88.8 Å². The average molecular weight is 588 g/mol. The van der Waals surface area contributed by atoms with Crippen LogP contribution in [0.15, 0.2) is 48.5 Å². The van der Waals surface area contributed by atoms with Gasteiger partial charge in [0.1, 0.15) is 5.75 Å². The number of carbonyl (C=O) groups is 1. The highest BCUT2D eigenvalue weighted by Crippen LogP contribution is 2.39. The highest BCUT2D eigenvalue weighted by Gasteiger charge is 2.34. The predicted molar refractivity (Wildman–Crippen MR) is 162 cm³/mol. The van der Waals surface area contributed by atoms with Gasteiger partial charge >= 0.3 is 6.18 Å². The highest BCUT2D eigenvalue weighted by molar-refractivity contribution is 7.14. The lowest BCUT2D eigenvalue weighted by Crippen LogP contribution is -2.13. The minimum absolute atomic E-state index is 0.00380. The average Bonchev–Trinajstić information content (AvgIpc) is 3.59. The molecule has 4 rings (SSSR count). The Labute approximate surface area is 246 Å². The maximum atomic E-state index is 13.7. The summed E-state index contributed by atoms with van der Waals surface area (Å²) in [5.74, 6) is 0.265. The molecule has 3 aromatic rings. The number of nitrogens with zero attached hydrogens (tertiary/aromatic N) is 1. The predicted octanol–water partition coefficient (Wildman–Crippen LogP) is 9.93. The Morgan fingerprint density at radius 2 is 1.61 bits per heavy atom. The van der Waals surface area contributed by atoms with Crippen LogP contribution in [0.3, 0.4) is 0 Å². The highest BCUT2D eigenvalue weighted by atomic mass is 32.1. The van der Waals surface area contributed by atoms with Crippen molar-refractivity contribution in [1.29, 1.82) is 5.26 Å². The van der Waals surface area contributed by atoms with E-state index in [4.69, 9.17) is 10.00 Å². The quantitative estimate of drug-likeness (QED) is 0.279. The zero-order valence-corrected chi connectivity index (χ0v) is 25.7. The minimum Gasteiger partial charge on any atom is -0.490 e. The summed E-state index contributed by atoms with van der Waals surface area (Å²) < 4.78 is 51.0. The molecule has 222 valence electrons. The summed E-state index contributed by atoms with van der Waals surface area (Å²) in [6.45, 7) is 9.49. The molecule has 41 heavy (non-hydrogen) atoms. The van der Waals surface area contributed by atoms with Gasteiger partial charge in [0.2, 0.25) is 0 Å². The van der Waals surface area contributed by atoms with Gasteiger partial charge in [0.25, 0.3) is 0 Å².